The predicted octanol–water partition coefficient (Wildman–Crippen LogP) is 5.92. The molecule has 33 heavy (non-hydrogen) atoms. The molecule has 0 atom stereocenters. The van der Waals surface area contributed by atoms with Crippen LogP contribution in [0.5, 0.6) is 0 Å². The Labute approximate surface area is 190 Å². The van der Waals surface area contributed by atoms with Crippen molar-refractivity contribution in [1.29, 1.82) is 0 Å². The Hall–Kier alpha value is -0.700. The largest absolute Gasteiger partial charge is 0.743 e. The molecule has 200 valence electrons. The van der Waals surface area contributed by atoms with E-state index in [4.69, 9.17) is 0 Å². The summed E-state index contributed by atoms with van der Waals surface area (Å²) in [5.41, 5.74) is 0. The number of carbonyl (C=O) groups is 1. The van der Waals surface area contributed by atoms with Gasteiger partial charge in [-0.05, 0) is 45.0 Å². The molecule has 0 amide bonds. The minimum atomic E-state index is -7.43. The highest BCUT2D eigenvalue weighted by Crippen LogP contribution is 2.54. The molecule has 0 aliphatic heterocycles. The number of ketones is 1. The van der Waals surface area contributed by atoms with Crippen LogP contribution in [-0.2, 0) is 25.8 Å². The molecule has 0 aliphatic rings. The summed E-state index contributed by atoms with van der Waals surface area (Å²) in [6.45, 7) is 11.2. The Morgan fingerprint density at radius 3 is 1.55 bits per heavy atom. The zero-order chi connectivity index (χ0) is 27.1. The number of carbonyl (C=O) groups excluding carboxylic acids is 1. The van der Waals surface area contributed by atoms with E-state index >= 15 is 0 Å². The van der Waals surface area contributed by atoms with Crippen LogP contribution in [0.2, 0.25) is 0 Å². The first-order valence-electron chi connectivity index (χ1n) is 9.84. The summed E-state index contributed by atoms with van der Waals surface area (Å²) in [4.78, 5) is 11.8. The minimum Gasteiger partial charge on any atom is -0.743 e. The summed E-state index contributed by atoms with van der Waals surface area (Å²) in [5.74, 6) is -13.5. The van der Waals surface area contributed by atoms with Crippen molar-refractivity contribution in [3.05, 3.63) is 0 Å². The zero-order valence-corrected chi connectivity index (χ0v) is 20.4. The summed E-state index contributed by atoms with van der Waals surface area (Å²) >= 11 is 0. The van der Waals surface area contributed by atoms with Crippen LogP contribution in [0.1, 0.15) is 66.7 Å². The molecule has 0 aliphatic carbocycles. The molecule has 4 nitrogen and oxygen atoms in total. The fraction of sp³-hybridized carbons (Fsp3) is 0.944. The van der Waals surface area contributed by atoms with Gasteiger partial charge in [-0.25, -0.2) is 8.42 Å². The molecule has 0 aromatic carbocycles. The van der Waals surface area contributed by atoms with Gasteiger partial charge in [0.15, 0.2) is 21.7 Å². The van der Waals surface area contributed by atoms with Crippen LogP contribution in [0.4, 0.5) is 39.5 Å². The van der Waals surface area contributed by atoms with E-state index in [-0.39, 0.29) is 10.9 Å². The van der Waals surface area contributed by atoms with Crippen molar-refractivity contribution in [3.63, 3.8) is 0 Å². The second kappa shape index (κ2) is 12.8. The molecule has 0 aromatic heterocycles. The molecule has 0 bridgehead atoms. The topological polar surface area (TPSA) is 74.3 Å². The maximum absolute atomic E-state index is 12.2. The second-order valence-corrected chi connectivity index (χ2v) is 12.2. The highest BCUT2D eigenvalue weighted by Gasteiger charge is 2.83. The molecule has 0 spiro atoms. The Bertz CT molecular complexity index is 698. The van der Waals surface area contributed by atoms with E-state index in [2.05, 4.69) is 34.6 Å². The quantitative estimate of drug-likeness (QED) is 0.132. The minimum absolute atomic E-state index is 0.285. The van der Waals surface area contributed by atoms with Gasteiger partial charge in [0.25, 0.3) is 0 Å². The molecule has 0 aromatic rings. The highest BCUT2D eigenvalue weighted by molar-refractivity contribution is 7.98. The third-order valence-electron chi connectivity index (χ3n) is 4.28. The van der Waals surface area contributed by atoms with Crippen LogP contribution in [0.25, 0.3) is 0 Å². The standard InChI is InChI=1S/C14H29OS.C4HF9O3S/c1-6-7-8-9-10-14(15)11-16(12(2)3)13(4)5;5-1(6,3(9,10)11)2(7,8)4(12,13)17(14,15)16/h12-13H,6-11H2,1-5H3;(H,14,15,16)/q+1;/p-1. The average Bonchev–Trinajstić information content (AvgIpc) is 2.61. The van der Waals surface area contributed by atoms with Crippen molar-refractivity contribution in [2.45, 2.75) is 100 Å². The van der Waals surface area contributed by atoms with Gasteiger partial charge in [0, 0.05) is 6.42 Å². The molecular weight excluding hydrogens is 515 g/mol. The van der Waals surface area contributed by atoms with Crippen molar-refractivity contribution in [2.24, 2.45) is 0 Å². The van der Waals surface area contributed by atoms with E-state index in [1.807, 2.05) is 0 Å². The van der Waals surface area contributed by atoms with Crippen molar-refractivity contribution in [1.82, 2.24) is 0 Å². The first kappa shape index (κ1) is 34.5. The number of halogens is 9. The van der Waals surface area contributed by atoms with E-state index in [0.717, 1.165) is 18.6 Å². The van der Waals surface area contributed by atoms with Crippen molar-refractivity contribution in [3.8, 4) is 0 Å². The molecule has 0 unspecified atom stereocenters. The van der Waals surface area contributed by atoms with Gasteiger partial charge < -0.3 is 4.55 Å². The zero-order valence-electron chi connectivity index (χ0n) is 18.7. The molecule has 0 saturated carbocycles. The number of hydrogen-bond donors (Lipinski definition) is 0. The van der Waals surface area contributed by atoms with Gasteiger partial charge in [-0.2, -0.15) is 39.5 Å². The smallest absolute Gasteiger partial charge is 0.460 e. The molecule has 0 N–H and O–H groups in total. The lowest BCUT2D eigenvalue weighted by Crippen LogP contribution is -2.63. The van der Waals surface area contributed by atoms with Crippen molar-refractivity contribution in [2.75, 3.05) is 5.75 Å². The number of rotatable bonds is 12. The Balaban J connectivity index is 0. The highest BCUT2D eigenvalue weighted by atomic mass is 32.2. The van der Waals surface area contributed by atoms with Gasteiger partial charge in [0.1, 0.15) is 10.5 Å². The first-order valence-corrected chi connectivity index (χ1v) is 12.8. The first-order chi connectivity index (χ1) is 14.5. The fourth-order valence-corrected chi connectivity index (χ4v) is 5.12. The summed E-state index contributed by atoms with van der Waals surface area (Å²) in [5, 5.41) is -5.81. The van der Waals surface area contributed by atoms with Gasteiger partial charge in [0.05, 0.1) is 0 Å². The second-order valence-electron chi connectivity index (χ2n) is 7.68. The summed E-state index contributed by atoms with van der Waals surface area (Å²) in [6, 6.07) is 0. The van der Waals surface area contributed by atoms with E-state index in [9.17, 15) is 57.3 Å². The third-order valence-corrected chi connectivity index (χ3v) is 8.24. The van der Waals surface area contributed by atoms with Gasteiger partial charge in [-0.3, -0.25) is 4.79 Å². The maximum Gasteiger partial charge on any atom is 0.460 e. The predicted molar refractivity (Wildman–Crippen MR) is 107 cm³/mol. The summed E-state index contributed by atoms with van der Waals surface area (Å²) in [6.07, 6.45) is -1.52. The maximum atomic E-state index is 12.2. The lowest BCUT2D eigenvalue weighted by atomic mass is 10.1. The average molecular weight is 545 g/mol. The molecule has 15 heteroatoms. The Morgan fingerprint density at radius 2 is 1.24 bits per heavy atom. The van der Waals surface area contributed by atoms with E-state index in [0.29, 0.717) is 16.3 Å². The van der Waals surface area contributed by atoms with Crippen LogP contribution in [0, 0.1) is 0 Å². The number of hydrogen-bond acceptors (Lipinski definition) is 4. The lowest BCUT2D eigenvalue weighted by molar-refractivity contribution is -0.382. The van der Waals surface area contributed by atoms with Crippen LogP contribution in [-0.4, -0.2) is 58.3 Å². The third kappa shape index (κ3) is 9.46. The molecule has 0 saturated heterocycles. The number of unbranched alkanes of at least 4 members (excludes halogenated alkanes) is 3. The van der Waals surface area contributed by atoms with E-state index in [1.165, 1.54) is 19.3 Å². The monoisotopic (exact) mass is 544 g/mol. The lowest BCUT2D eigenvalue weighted by Gasteiger charge is -2.34. The number of Topliss-reactive ketones (excluding diaryl/α,β-unsaturated/α-hetero) is 1. The van der Waals surface area contributed by atoms with Gasteiger partial charge in [0.2, 0.25) is 0 Å². The molecule has 0 rings (SSSR count). The van der Waals surface area contributed by atoms with Crippen LogP contribution in [0.15, 0.2) is 0 Å². The van der Waals surface area contributed by atoms with Crippen LogP contribution in [0.3, 0.4) is 0 Å². The SMILES string of the molecule is CCCCCCC(=O)C[S+](C(C)C)C(C)C.O=S(=O)([O-])C(F)(F)C(F)(F)C(F)(F)C(F)(F)F. The van der Waals surface area contributed by atoms with Gasteiger partial charge in [-0.1, -0.05) is 26.2 Å². The molecule has 0 heterocycles. The van der Waals surface area contributed by atoms with Crippen molar-refractivity contribution < 1.29 is 57.3 Å². The summed E-state index contributed by atoms with van der Waals surface area (Å²) in [7, 11) is -7.13. The molecule has 0 fully saturated rings. The molecular formula is C18H29F9O4S2. The van der Waals surface area contributed by atoms with Gasteiger partial charge in [-0.15, -0.1) is 0 Å². The molecule has 0 radical (unpaired) electrons. The normalized spacial score (nSPS) is 14.0. The van der Waals surface area contributed by atoms with Crippen LogP contribution >= 0.6 is 0 Å². The van der Waals surface area contributed by atoms with Crippen LogP contribution < -0.4 is 0 Å². The summed E-state index contributed by atoms with van der Waals surface area (Å²) < 4.78 is 135. The fourth-order valence-electron chi connectivity index (χ4n) is 2.40. The number of alkyl halides is 9. The van der Waals surface area contributed by atoms with Gasteiger partial charge >= 0.3 is 23.3 Å². The van der Waals surface area contributed by atoms with E-state index < -0.39 is 33.4 Å². The van der Waals surface area contributed by atoms with E-state index in [1.54, 1.807) is 0 Å². The Kier molecular flexibility index (Phi) is 13.4. The van der Waals surface area contributed by atoms with Crippen molar-refractivity contribution >= 4 is 26.8 Å². The Morgan fingerprint density at radius 1 is 0.818 bits per heavy atom.